The number of carbonyl (C=O) groups is 1. The Morgan fingerprint density at radius 3 is 3.05 bits per heavy atom. The maximum atomic E-state index is 11.5. The minimum absolute atomic E-state index is 0.0366. The van der Waals surface area contributed by atoms with Gasteiger partial charge < -0.3 is 5.73 Å². The molecule has 2 aromatic rings. The van der Waals surface area contributed by atoms with Crippen LogP contribution in [0.3, 0.4) is 0 Å². The Labute approximate surface area is 117 Å². The molecule has 3 N–H and O–H groups in total. The minimum Gasteiger partial charge on any atom is -0.379 e. The molecule has 0 saturated carbocycles. The van der Waals surface area contributed by atoms with Gasteiger partial charge in [0.1, 0.15) is 5.69 Å². The zero-order valence-electron chi connectivity index (χ0n) is 9.71. The van der Waals surface area contributed by atoms with Gasteiger partial charge in [-0.15, -0.1) is 0 Å². The number of hydrogen-bond acceptors (Lipinski definition) is 6. The molecule has 0 fully saturated rings. The number of aromatic nitrogens is 2. The van der Waals surface area contributed by atoms with E-state index in [9.17, 15) is 4.79 Å². The number of hydrazone groups is 1. The zero-order chi connectivity index (χ0) is 13.7. The standard InChI is InChI=1S/C11H10BrN5O2/c12-8-3-1-2-7(4-8)6-14-15-10(18)5-9-11(13)17-19-16-9/h1-4,6H,5H2,(H2,13,17)(H,15,18)/b14-6+. The molecule has 0 radical (unpaired) electrons. The molecule has 0 aliphatic carbocycles. The molecule has 0 aliphatic rings. The van der Waals surface area contributed by atoms with Crippen molar-refractivity contribution in [3.63, 3.8) is 0 Å². The van der Waals surface area contributed by atoms with Crippen LogP contribution < -0.4 is 11.2 Å². The van der Waals surface area contributed by atoms with Crippen molar-refractivity contribution in [1.82, 2.24) is 15.7 Å². The number of carbonyl (C=O) groups excluding carboxylic acids is 1. The number of halogens is 1. The Morgan fingerprint density at radius 1 is 1.53 bits per heavy atom. The Hall–Kier alpha value is -2.22. The predicted octanol–water partition coefficient (Wildman–Crippen LogP) is 1.11. The number of anilines is 1. The fraction of sp³-hybridized carbons (Fsp3) is 0.0909. The van der Waals surface area contributed by atoms with Crippen LogP contribution in [0.5, 0.6) is 0 Å². The molecule has 2 rings (SSSR count). The van der Waals surface area contributed by atoms with E-state index in [0.717, 1.165) is 10.0 Å². The van der Waals surface area contributed by atoms with E-state index in [4.69, 9.17) is 5.73 Å². The number of nitrogens with zero attached hydrogens (tertiary/aromatic N) is 3. The average molecular weight is 324 g/mol. The van der Waals surface area contributed by atoms with Gasteiger partial charge in [0.05, 0.1) is 12.6 Å². The summed E-state index contributed by atoms with van der Waals surface area (Å²) in [7, 11) is 0. The highest BCUT2D eigenvalue weighted by Gasteiger charge is 2.10. The van der Waals surface area contributed by atoms with E-state index in [1.54, 1.807) is 0 Å². The number of nitrogen functional groups attached to an aromatic ring is 1. The lowest BCUT2D eigenvalue weighted by atomic mass is 10.2. The molecule has 1 amide bonds. The molecule has 8 heteroatoms. The molecule has 0 unspecified atom stereocenters. The first-order chi connectivity index (χ1) is 9.15. The molecule has 1 heterocycles. The first-order valence-electron chi connectivity index (χ1n) is 5.29. The average Bonchev–Trinajstić information content (AvgIpc) is 2.75. The zero-order valence-corrected chi connectivity index (χ0v) is 11.3. The van der Waals surface area contributed by atoms with Crippen LogP contribution in [0, 0.1) is 0 Å². The summed E-state index contributed by atoms with van der Waals surface area (Å²) < 4.78 is 5.32. The second-order valence-corrected chi connectivity index (χ2v) is 4.54. The largest absolute Gasteiger partial charge is 0.379 e. The van der Waals surface area contributed by atoms with Crippen molar-refractivity contribution >= 4 is 33.9 Å². The summed E-state index contributed by atoms with van der Waals surface area (Å²) >= 11 is 3.34. The van der Waals surface area contributed by atoms with E-state index in [-0.39, 0.29) is 23.8 Å². The normalized spacial score (nSPS) is 10.8. The predicted molar refractivity (Wildman–Crippen MR) is 72.3 cm³/mol. The van der Waals surface area contributed by atoms with Gasteiger partial charge in [-0.05, 0) is 22.9 Å². The van der Waals surface area contributed by atoms with Crippen molar-refractivity contribution in [3.8, 4) is 0 Å². The maximum absolute atomic E-state index is 11.5. The molecule has 1 aromatic heterocycles. The van der Waals surface area contributed by atoms with Crippen LogP contribution in [0.25, 0.3) is 0 Å². The van der Waals surface area contributed by atoms with Crippen molar-refractivity contribution in [3.05, 3.63) is 40.0 Å². The van der Waals surface area contributed by atoms with Gasteiger partial charge in [-0.2, -0.15) is 5.10 Å². The number of hydrogen-bond donors (Lipinski definition) is 2. The van der Waals surface area contributed by atoms with Gasteiger partial charge >= 0.3 is 0 Å². The summed E-state index contributed by atoms with van der Waals surface area (Å²) in [5, 5.41) is 10.7. The summed E-state index contributed by atoms with van der Waals surface area (Å²) in [4.78, 5) is 11.5. The Morgan fingerprint density at radius 2 is 2.37 bits per heavy atom. The van der Waals surface area contributed by atoms with E-state index in [1.165, 1.54) is 6.21 Å². The van der Waals surface area contributed by atoms with Gasteiger partial charge in [0.15, 0.2) is 5.82 Å². The summed E-state index contributed by atoms with van der Waals surface area (Å²) in [6.45, 7) is 0. The molecule has 0 spiro atoms. The lowest BCUT2D eigenvalue weighted by Crippen LogP contribution is -2.20. The Balaban J connectivity index is 1.88. The molecule has 0 bridgehead atoms. The topological polar surface area (TPSA) is 106 Å². The number of nitrogens with one attached hydrogen (secondary N) is 1. The van der Waals surface area contributed by atoms with Crippen LogP contribution in [0.1, 0.15) is 11.3 Å². The minimum atomic E-state index is -0.353. The van der Waals surface area contributed by atoms with E-state index in [1.807, 2.05) is 24.3 Å². The van der Waals surface area contributed by atoms with Crippen molar-refractivity contribution < 1.29 is 9.42 Å². The first-order valence-corrected chi connectivity index (χ1v) is 6.09. The molecule has 7 nitrogen and oxygen atoms in total. The summed E-state index contributed by atoms with van der Waals surface area (Å²) in [6, 6.07) is 7.50. The van der Waals surface area contributed by atoms with Gasteiger partial charge in [0.25, 0.3) is 0 Å². The molecule has 0 aliphatic heterocycles. The first kappa shape index (κ1) is 13.2. The van der Waals surface area contributed by atoms with Crippen molar-refractivity contribution in [2.24, 2.45) is 5.10 Å². The smallest absolute Gasteiger partial charge is 0.246 e. The van der Waals surface area contributed by atoms with Gasteiger partial charge in [-0.1, -0.05) is 33.2 Å². The highest BCUT2D eigenvalue weighted by atomic mass is 79.9. The van der Waals surface area contributed by atoms with E-state index in [2.05, 4.69) is 41.4 Å². The Kier molecular flexibility index (Phi) is 4.24. The number of rotatable bonds is 4. The fourth-order valence-electron chi connectivity index (χ4n) is 1.29. The van der Waals surface area contributed by atoms with Crippen LogP contribution in [0.2, 0.25) is 0 Å². The highest BCUT2D eigenvalue weighted by Crippen LogP contribution is 2.09. The molecular weight excluding hydrogens is 314 g/mol. The lowest BCUT2D eigenvalue weighted by molar-refractivity contribution is -0.120. The maximum Gasteiger partial charge on any atom is 0.246 e. The molecule has 0 atom stereocenters. The van der Waals surface area contributed by atoms with Crippen LogP contribution in [0.4, 0.5) is 5.82 Å². The van der Waals surface area contributed by atoms with E-state index in [0.29, 0.717) is 0 Å². The summed E-state index contributed by atoms with van der Waals surface area (Å²) in [6.07, 6.45) is 1.50. The summed E-state index contributed by atoms with van der Waals surface area (Å²) in [5.41, 5.74) is 8.95. The third kappa shape index (κ3) is 3.88. The summed E-state index contributed by atoms with van der Waals surface area (Å²) in [5.74, 6) is -0.250. The third-order valence-corrected chi connectivity index (χ3v) is 2.66. The third-order valence-electron chi connectivity index (χ3n) is 2.17. The lowest BCUT2D eigenvalue weighted by Gasteiger charge is -1.97. The molecule has 98 valence electrons. The van der Waals surface area contributed by atoms with Gasteiger partial charge in [0.2, 0.25) is 5.91 Å². The van der Waals surface area contributed by atoms with Crippen LogP contribution in [0.15, 0.2) is 38.5 Å². The molecular formula is C11H10BrN5O2. The second kappa shape index (κ2) is 6.10. The molecule has 1 aromatic carbocycles. The molecule has 19 heavy (non-hydrogen) atoms. The van der Waals surface area contributed by atoms with Gasteiger partial charge in [0, 0.05) is 4.47 Å². The van der Waals surface area contributed by atoms with Gasteiger partial charge in [-0.3, -0.25) is 4.79 Å². The SMILES string of the molecule is Nc1nonc1CC(=O)N/N=C/c1cccc(Br)c1. The van der Waals surface area contributed by atoms with Crippen molar-refractivity contribution in [1.29, 1.82) is 0 Å². The van der Waals surface area contributed by atoms with Crippen molar-refractivity contribution in [2.75, 3.05) is 5.73 Å². The fourth-order valence-corrected chi connectivity index (χ4v) is 1.71. The second-order valence-electron chi connectivity index (χ2n) is 3.62. The monoisotopic (exact) mass is 323 g/mol. The van der Waals surface area contributed by atoms with Gasteiger partial charge in [-0.25, -0.2) is 10.1 Å². The number of benzene rings is 1. The van der Waals surface area contributed by atoms with Crippen LogP contribution in [-0.4, -0.2) is 22.4 Å². The quantitative estimate of drug-likeness (QED) is 0.647. The van der Waals surface area contributed by atoms with Crippen LogP contribution >= 0.6 is 15.9 Å². The van der Waals surface area contributed by atoms with E-state index < -0.39 is 0 Å². The molecule has 0 saturated heterocycles. The van der Waals surface area contributed by atoms with E-state index >= 15 is 0 Å². The number of nitrogens with two attached hydrogens (primary N) is 1. The highest BCUT2D eigenvalue weighted by molar-refractivity contribution is 9.10. The Bertz CT molecular complexity index is 611. The van der Waals surface area contributed by atoms with Crippen LogP contribution in [-0.2, 0) is 11.2 Å². The number of amides is 1. The van der Waals surface area contributed by atoms with Crippen molar-refractivity contribution in [2.45, 2.75) is 6.42 Å².